The predicted molar refractivity (Wildman–Crippen MR) is 125 cm³/mol. The second kappa shape index (κ2) is 9.42. The zero-order valence-electron chi connectivity index (χ0n) is 15.7. The summed E-state index contributed by atoms with van der Waals surface area (Å²) in [5.41, 5.74) is 1.26. The standard InChI is InChI=1S/C22H18BrNO4S2/c23-21-12-7-13-22(18-21)24(29(25,26)16-14-19-8-3-1-4-9-19)30(27,28)17-15-20-10-5-2-6-11-20/h1-18H/b16-14+,17-15+. The normalized spacial score (nSPS) is 12.4. The van der Waals surface area contributed by atoms with Crippen molar-refractivity contribution in [1.82, 2.24) is 0 Å². The molecule has 0 bridgehead atoms. The number of halogens is 1. The summed E-state index contributed by atoms with van der Waals surface area (Å²) in [6.07, 6.45) is 2.72. The maximum atomic E-state index is 13.1. The summed E-state index contributed by atoms with van der Waals surface area (Å²) in [6, 6.07) is 23.6. The molecule has 0 unspecified atom stereocenters. The van der Waals surface area contributed by atoms with Crippen LogP contribution in [0.3, 0.4) is 0 Å². The molecule has 0 heterocycles. The highest BCUT2D eigenvalue weighted by Gasteiger charge is 2.31. The lowest BCUT2D eigenvalue weighted by Gasteiger charge is -2.20. The maximum absolute atomic E-state index is 13.1. The van der Waals surface area contributed by atoms with Gasteiger partial charge in [-0.15, -0.1) is 0 Å². The van der Waals surface area contributed by atoms with Crippen LogP contribution in [0.5, 0.6) is 0 Å². The highest BCUT2D eigenvalue weighted by Crippen LogP contribution is 2.27. The predicted octanol–water partition coefficient (Wildman–Crippen LogP) is 5.26. The van der Waals surface area contributed by atoms with Gasteiger partial charge in [0.1, 0.15) is 0 Å². The highest BCUT2D eigenvalue weighted by molar-refractivity contribution is 9.10. The molecule has 0 N–H and O–H groups in total. The van der Waals surface area contributed by atoms with E-state index in [2.05, 4.69) is 15.9 Å². The first-order chi connectivity index (χ1) is 14.3. The van der Waals surface area contributed by atoms with E-state index in [1.54, 1.807) is 72.8 Å². The Balaban J connectivity index is 2.06. The summed E-state index contributed by atoms with van der Waals surface area (Å²) in [7, 11) is -8.72. The lowest BCUT2D eigenvalue weighted by molar-refractivity contribution is 0.594. The van der Waals surface area contributed by atoms with E-state index < -0.39 is 20.0 Å². The summed E-state index contributed by atoms with van der Waals surface area (Å²) in [5, 5.41) is 1.77. The van der Waals surface area contributed by atoms with Gasteiger partial charge in [-0.2, -0.15) is 3.71 Å². The highest BCUT2D eigenvalue weighted by atomic mass is 79.9. The molecule has 0 saturated heterocycles. The van der Waals surface area contributed by atoms with Crippen molar-refractivity contribution in [2.24, 2.45) is 0 Å². The molecule has 0 aliphatic rings. The molecule has 154 valence electrons. The molecule has 0 amide bonds. The fraction of sp³-hybridized carbons (Fsp3) is 0. The minimum absolute atomic E-state index is 0.000187. The van der Waals surface area contributed by atoms with Crippen LogP contribution < -0.4 is 3.71 Å². The van der Waals surface area contributed by atoms with E-state index in [4.69, 9.17) is 0 Å². The van der Waals surface area contributed by atoms with Crippen molar-refractivity contribution in [2.45, 2.75) is 0 Å². The summed E-state index contributed by atoms with van der Waals surface area (Å²) >= 11 is 3.26. The van der Waals surface area contributed by atoms with Crippen molar-refractivity contribution >= 4 is 53.8 Å². The van der Waals surface area contributed by atoms with Crippen LogP contribution in [-0.4, -0.2) is 16.8 Å². The van der Waals surface area contributed by atoms with Crippen LogP contribution in [-0.2, 0) is 20.0 Å². The molecule has 0 saturated carbocycles. The van der Waals surface area contributed by atoms with Gasteiger partial charge in [0.15, 0.2) is 0 Å². The van der Waals surface area contributed by atoms with Crippen molar-refractivity contribution < 1.29 is 16.8 Å². The van der Waals surface area contributed by atoms with Crippen molar-refractivity contribution in [3.63, 3.8) is 0 Å². The van der Waals surface area contributed by atoms with Gasteiger partial charge in [0.2, 0.25) is 0 Å². The molecule has 0 aromatic heterocycles. The lowest BCUT2D eigenvalue weighted by Crippen LogP contribution is -2.34. The van der Waals surface area contributed by atoms with Crippen LogP contribution in [0.2, 0.25) is 0 Å². The van der Waals surface area contributed by atoms with E-state index in [-0.39, 0.29) is 5.69 Å². The Labute approximate surface area is 185 Å². The summed E-state index contributed by atoms with van der Waals surface area (Å²) in [6.45, 7) is 0. The third kappa shape index (κ3) is 5.69. The molecule has 0 spiro atoms. The van der Waals surface area contributed by atoms with Crippen LogP contribution >= 0.6 is 15.9 Å². The molecular formula is C22H18BrNO4S2. The fourth-order valence-corrected chi connectivity index (χ4v) is 6.13. The van der Waals surface area contributed by atoms with Crippen molar-refractivity contribution in [1.29, 1.82) is 0 Å². The van der Waals surface area contributed by atoms with Crippen molar-refractivity contribution in [3.8, 4) is 0 Å². The zero-order valence-corrected chi connectivity index (χ0v) is 18.9. The molecule has 8 heteroatoms. The average molecular weight is 504 g/mol. The number of benzene rings is 3. The number of hydrogen-bond acceptors (Lipinski definition) is 4. The van der Waals surface area contributed by atoms with Crippen molar-refractivity contribution in [3.05, 3.63) is 111 Å². The van der Waals surface area contributed by atoms with Gasteiger partial charge in [-0.25, -0.2) is 16.8 Å². The SMILES string of the molecule is O=S(=O)(/C=C/c1ccccc1)N(c1cccc(Br)c1)S(=O)(=O)/C=C/c1ccccc1. The molecule has 3 aromatic carbocycles. The number of hydrogen-bond donors (Lipinski definition) is 0. The van der Waals surface area contributed by atoms with Gasteiger partial charge in [-0.3, -0.25) is 0 Å². The molecule has 3 rings (SSSR count). The molecule has 3 aromatic rings. The molecule has 0 radical (unpaired) electrons. The van der Waals surface area contributed by atoms with Crippen LogP contribution in [0, 0.1) is 0 Å². The van der Waals surface area contributed by atoms with Crippen LogP contribution in [0.4, 0.5) is 5.69 Å². The molecule has 0 fully saturated rings. The van der Waals surface area contributed by atoms with E-state index >= 15 is 0 Å². The van der Waals surface area contributed by atoms with Crippen LogP contribution in [0.15, 0.2) is 100 Å². The van der Waals surface area contributed by atoms with Gasteiger partial charge in [-0.1, -0.05) is 82.7 Å². The van der Waals surface area contributed by atoms with E-state index in [1.807, 2.05) is 0 Å². The third-order valence-electron chi connectivity index (χ3n) is 3.95. The second-order valence-electron chi connectivity index (χ2n) is 6.19. The third-order valence-corrected chi connectivity index (χ3v) is 7.99. The van der Waals surface area contributed by atoms with Gasteiger partial charge < -0.3 is 0 Å². The number of nitrogens with zero attached hydrogens (tertiary/aromatic N) is 1. The first-order valence-electron chi connectivity index (χ1n) is 8.80. The van der Waals surface area contributed by atoms with Gasteiger partial charge >= 0.3 is 0 Å². The Kier molecular flexibility index (Phi) is 6.91. The molecule has 0 aliphatic heterocycles. The molecule has 0 aliphatic carbocycles. The largest absolute Gasteiger partial charge is 0.270 e. The minimum Gasteiger partial charge on any atom is -0.201 e. The van der Waals surface area contributed by atoms with Crippen LogP contribution in [0.25, 0.3) is 12.2 Å². The number of anilines is 1. The van der Waals surface area contributed by atoms with E-state index in [0.717, 1.165) is 10.8 Å². The van der Waals surface area contributed by atoms with E-state index in [1.165, 1.54) is 24.3 Å². The Hall–Kier alpha value is -2.68. The van der Waals surface area contributed by atoms with Crippen molar-refractivity contribution in [2.75, 3.05) is 3.71 Å². The minimum atomic E-state index is -4.36. The van der Waals surface area contributed by atoms with E-state index in [9.17, 15) is 16.8 Å². The smallest absolute Gasteiger partial charge is 0.201 e. The Bertz CT molecular complexity index is 1190. The molecule has 30 heavy (non-hydrogen) atoms. The Morgan fingerprint density at radius 3 is 1.53 bits per heavy atom. The molecule has 0 atom stereocenters. The quantitative estimate of drug-likeness (QED) is 0.440. The lowest BCUT2D eigenvalue weighted by atomic mass is 10.2. The summed E-state index contributed by atoms with van der Waals surface area (Å²) < 4.78 is 53.3. The Morgan fingerprint density at radius 1 is 0.633 bits per heavy atom. The van der Waals surface area contributed by atoms with Crippen LogP contribution in [0.1, 0.15) is 11.1 Å². The number of rotatable bonds is 7. The van der Waals surface area contributed by atoms with Gasteiger partial charge in [0.05, 0.1) is 16.5 Å². The topological polar surface area (TPSA) is 71.5 Å². The maximum Gasteiger partial charge on any atom is 0.270 e. The van der Waals surface area contributed by atoms with Gasteiger partial charge in [0, 0.05) is 4.47 Å². The average Bonchev–Trinajstić information content (AvgIpc) is 2.72. The summed E-state index contributed by atoms with van der Waals surface area (Å²) in [5.74, 6) is 0. The fourth-order valence-electron chi connectivity index (χ4n) is 2.60. The van der Waals surface area contributed by atoms with E-state index in [0.29, 0.717) is 19.3 Å². The van der Waals surface area contributed by atoms with Gasteiger partial charge in [-0.05, 0) is 41.5 Å². The summed E-state index contributed by atoms with van der Waals surface area (Å²) in [4.78, 5) is 0. The first kappa shape index (κ1) is 22.0. The first-order valence-corrected chi connectivity index (χ1v) is 12.6. The molecular weight excluding hydrogens is 486 g/mol. The zero-order chi connectivity index (χ0) is 21.6. The Morgan fingerprint density at radius 2 is 1.10 bits per heavy atom. The molecule has 5 nitrogen and oxygen atoms in total. The monoisotopic (exact) mass is 503 g/mol. The number of sulfonamides is 2. The van der Waals surface area contributed by atoms with Gasteiger partial charge in [0.25, 0.3) is 20.0 Å². The second-order valence-corrected chi connectivity index (χ2v) is 10.7.